The van der Waals surface area contributed by atoms with Crippen molar-refractivity contribution in [3.8, 4) is 5.75 Å². The van der Waals surface area contributed by atoms with Crippen LogP contribution in [0.1, 0.15) is 80.4 Å². The van der Waals surface area contributed by atoms with E-state index in [-0.39, 0.29) is 11.7 Å². The second-order valence-corrected chi connectivity index (χ2v) is 8.75. The van der Waals surface area contributed by atoms with E-state index < -0.39 is 5.97 Å². The van der Waals surface area contributed by atoms with Crippen molar-refractivity contribution in [2.45, 2.75) is 54.9 Å². The first-order valence-corrected chi connectivity index (χ1v) is 12.1. The number of hydrogen-bond donors (Lipinski definition) is 3. The maximum absolute atomic E-state index is 11.0. The molecule has 2 aromatic carbocycles. The van der Waals surface area contributed by atoms with Gasteiger partial charge in [-0.2, -0.15) is 0 Å². The zero-order chi connectivity index (χ0) is 26.0. The Morgan fingerprint density at radius 2 is 1.59 bits per heavy atom. The number of benzene rings is 2. The Kier molecular flexibility index (Phi) is 11.3. The normalized spacial score (nSPS) is 10.5. The van der Waals surface area contributed by atoms with Crippen LogP contribution in [0.2, 0.25) is 0 Å². The molecule has 5 nitrogen and oxygen atoms in total. The third kappa shape index (κ3) is 7.89. The lowest BCUT2D eigenvalue weighted by molar-refractivity contribution is 0.0701. The highest BCUT2D eigenvalue weighted by molar-refractivity contribution is 7.15. The molecule has 0 saturated carbocycles. The highest BCUT2D eigenvalue weighted by atomic mass is 32.1. The van der Waals surface area contributed by atoms with Crippen LogP contribution in [-0.2, 0) is 6.42 Å². The summed E-state index contributed by atoms with van der Waals surface area (Å²) < 4.78 is 0. The average molecular weight is 482 g/mol. The number of aromatic carboxylic acids is 1. The molecule has 0 aliphatic carbocycles. The minimum absolute atomic E-state index is 0.250. The number of allylic oxidation sites excluding steroid dienone is 1. The Hall–Kier alpha value is -3.38. The summed E-state index contributed by atoms with van der Waals surface area (Å²) in [5.41, 5.74) is 12.1. The van der Waals surface area contributed by atoms with Gasteiger partial charge in [0.05, 0.1) is 0 Å². The molecule has 0 aliphatic heterocycles. The van der Waals surface area contributed by atoms with Gasteiger partial charge < -0.3 is 15.9 Å². The van der Waals surface area contributed by atoms with Crippen molar-refractivity contribution in [1.29, 1.82) is 0 Å². The van der Waals surface area contributed by atoms with Crippen LogP contribution in [0.5, 0.6) is 5.75 Å². The Morgan fingerprint density at radius 3 is 2.09 bits per heavy atom. The number of amides is 1. The number of phenols is 1. The third-order valence-corrected chi connectivity index (χ3v) is 6.23. The molecule has 6 heteroatoms. The first-order chi connectivity index (χ1) is 16.0. The molecule has 3 rings (SSSR count). The number of carboxylic acid groups (broad SMARTS) is 1. The van der Waals surface area contributed by atoms with Gasteiger partial charge in [0.25, 0.3) is 0 Å². The Balaban J connectivity index is 0.000000353. The molecule has 1 heterocycles. The van der Waals surface area contributed by atoms with Gasteiger partial charge in [0.15, 0.2) is 0 Å². The fourth-order valence-electron chi connectivity index (χ4n) is 3.36. The molecule has 1 aromatic heterocycles. The van der Waals surface area contributed by atoms with Crippen LogP contribution in [-0.4, -0.2) is 22.1 Å². The van der Waals surface area contributed by atoms with Crippen molar-refractivity contribution in [2.24, 2.45) is 5.73 Å². The summed E-state index contributed by atoms with van der Waals surface area (Å²) in [6.45, 7) is 13.9. The van der Waals surface area contributed by atoms with E-state index in [1.807, 2.05) is 72.7 Å². The molecule has 182 valence electrons. The zero-order valence-corrected chi connectivity index (χ0v) is 21.8. The van der Waals surface area contributed by atoms with Crippen LogP contribution < -0.4 is 5.73 Å². The molecule has 34 heavy (non-hydrogen) atoms. The van der Waals surface area contributed by atoms with E-state index >= 15 is 0 Å². The molecule has 0 aliphatic rings. The van der Waals surface area contributed by atoms with Crippen molar-refractivity contribution < 1.29 is 19.8 Å². The second-order valence-electron chi connectivity index (χ2n) is 7.67. The number of carbonyl (C=O) groups excluding carboxylic acids is 1. The van der Waals surface area contributed by atoms with Crippen LogP contribution in [0.3, 0.4) is 0 Å². The summed E-state index contributed by atoms with van der Waals surface area (Å²) in [6, 6.07) is 12.6. The first kappa shape index (κ1) is 28.7. The van der Waals surface area contributed by atoms with Gasteiger partial charge in [-0.05, 0) is 92.3 Å². The number of thiophene rings is 1. The van der Waals surface area contributed by atoms with E-state index in [1.165, 1.54) is 11.3 Å². The molecule has 1 amide bonds. The standard InChI is InChI=1S/C16H16O3S.C10H13NO.C2H6/c1-9-6-12(17)4-5-13(9)10(2)7-14-11(3)8-15(20-14)16(18)19;1-3-8-6-7(2)4-5-9(8)10(11)12;1-2/h4-8,17H,1-3H3,(H,18,19);4-6H,3H2,1-2H3,(H2,11,12);1-2H3/b10-7+;;. The Labute approximate surface area is 206 Å². The lowest BCUT2D eigenvalue weighted by atomic mass is 10.0. The molecule has 0 unspecified atom stereocenters. The van der Waals surface area contributed by atoms with Crippen LogP contribution in [0.15, 0.2) is 42.5 Å². The molecule has 0 radical (unpaired) electrons. The van der Waals surface area contributed by atoms with Gasteiger partial charge in [-0.3, -0.25) is 4.79 Å². The summed E-state index contributed by atoms with van der Waals surface area (Å²) in [7, 11) is 0. The molecule has 0 bridgehead atoms. The van der Waals surface area contributed by atoms with E-state index in [0.717, 1.165) is 44.7 Å². The predicted octanol–water partition coefficient (Wildman–Crippen LogP) is 7.01. The quantitative estimate of drug-likeness (QED) is 0.365. The van der Waals surface area contributed by atoms with Crippen LogP contribution in [0.4, 0.5) is 0 Å². The highest BCUT2D eigenvalue weighted by Gasteiger charge is 2.10. The van der Waals surface area contributed by atoms with E-state index in [4.69, 9.17) is 10.8 Å². The number of aryl methyl sites for hydroxylation is 4. The fraction of sp³-hybridized carbons (Fsp3) is 0.286. The van der Waals surface area contributed by atoms with Gasteiger partial charge in [0.1, 0.15) is 10.6 Å². The van der Waals surface area contributed by atoms with Crippen molar-refractivity contribution in [3.05, 3.63) is 85.6 Å². The Morgan fingerprint density at radius 1 is 0.971 bits per heavy atom. The maximum Gasteiger partial charge on any atom is 0.345 e. The van der Waals surface area contributed by atoms with Gasteiger partial charge in [-0.1, -0.05) is 44.5 Å². The summed E-state index contributed by atoms with van der Waals surface area (Å²) in [5.74, 6) is -0.984. The molecular formula is C28H35NO4S. The van der Waals surface area contributed by atoms with Crippen molar-refractivity contribution in [2.75, 3.05) is 0 Å². The van der Waals surface area contributed by atoms with Gasteiger partial charge in [-0.25, -0.2) is 4.79 Å². The minimum Gasteiger partial charge on any atom is -0.508 e. The molecule has 0 spiro atoms. The van der Waals surface area contributed by atoms with Crippen molar-refractivity contribution in [3.63, 3.8) is 0 Å². The SMILES string of the molecule is C/C(=C\c1sc(C(=O)O)cc1C)c1ccc(O)cc1C.CC.CCc1cc(C)ccc1C(N)=O. The summed E-state index contributed by atoms with van der Waals surface area (Å²) >= 11 is 1.27. The smallest absolute Gasteiger partial charge is 0.345 e. The van der Waals surface area contributed by atoms with E-state index in [2.05, 4.69) is 0 Å². The van der Waals surface area contributed by atoms with Gasteiger partial charge in [-0.15, -0.1) is 11.3 Å². The lowest BCUT2D eigenvalue weighted by Gasteiger charge is -2.06. The number of rotatable bonds is 5. The van der Waals surface area contributed by atoms with E-state index in [9.17, 15) is 14.7 Å². The predicted molar refractivity (Wildman–Crippen MR) is 143 cm³/mol. The van der Waals surface area contributed by atoms with E-state index in [0.29, 0.717) is 10.4 Å². The van der Waals surface area contributed by atoms with Gasteiger partial charge in [0.2, 0.25) is 5.91 Å². The number of nitrogens with two attached hydrogens (primary N) is 1. The number of carboxylic acids is 1. The van der Waals surface area contributed by atoms with E-state index in [1.54, 1.807) is 24.3 Å². The van der Waals surface area contributed by atoms with Crippen molar-refractivity contribution >= 4 is 34.9 Å². The first-order valence-electron chi connectivity index (χ1n) is 11.2. The van der Waals surface area contributed by atoms with Gasteiger partial charge >= 0.3 is 5.97 Å². The largest absolute Gasteiger partial charge is 0.508 e. The molecule has 3 aromatic rings. The number of hydrogen-bond acceptors (Lipinski definition) is 4. The Bertz CT molecular complexity index is 1180. The third-order valence-electron chi connectivity index (χ3n) is 5.06. The average Bonchev–Trinajstić information content (AvgIpc) is 3.15. The highest BCUT2D eigenvalue weighted by Crippen LogP contribution is 2.29. The maximum atomic E-state index is 11.0. The molecular weight excluding hydrogens is 446 g/mol. The molecule has 0 atom stereocenters. The second kappa shape index (κ2) is 13.4. The summed E-state index contributed by atoms with van der Waals surface area (Å²) in [4.78, 5) is 23.2. The molecule has 0 fully saturated rings. The van der Waals surface area contributed by atoms with Crippen LogP contribution in [0.25, 0.3) is 11.6 Å². The van der Waals surface area contributed by atoms with Gasteiger partial charge in [0, 0.05) is 10.4 Å². The minimum atomic E-state index is -0.892. The van der Waals surface area contributed by atoms with Crippen LogP contribution in [0, 0.1) is 20.8 Å². The number of primary amides is 1. The zero-order valence-electron chi connectivity index (χ0n) is 21.0. The number of aromatic hydroxyl groups is 1. The summed E-state index contributed by atoms with van der Waals surface area (Å²) in [6.07, 6.45) is 2.84. The monoisotopic (exact) mass is 481 g/mol. The number of carbonyl (C=O) groups is 2. The van der Waals surface area contributed by atoms with Crippen molar-refractivity contribution in [1.82, 2.24) is 0 Å². The van der Waals surface area contributed by atoms with Crippen LogP contribution >= 0.6 is 11.3 Å². The molecule has 4 N–H and O–H groups in total. The summed E-state index contributed by atoms with van der Waals surface area (Å²) in [5, 5.41) is 18.4. The fourth-order valence-corrected chi connectivity index (χ4v) is 4.38. The lowest BCUT2D eigenvalue weighted by Crippen LogP contribution is -2.13. The number of phenolic OH excluding ortho intramolecular Hbond substituents is 1. The molecule has 0 saturated heterocycles. The topological polar surface area (TPSA) is 101 Å².